The predicted molar refractivity (Wildman–Crippen MR) is 92.3 cm³/mol. The molecule has 1 aliphatic rings. The highest BCUT2D eigenvalue weighted by Gasteiger charge is 2.23. The number of likely N-dealkylation sites (tertiary alicyclic amines) is 1. The van der Waals surface area contributed by atoms with Crippen LogP contribution in [-0.4, -0.2) is 56.7 Å². The minimum Gasteiger partial charge on any atom is -0.473 e. The van der Waals surface area contributed by atoms with Gasteiger partial charge in [-0.1, -0.05) is 11.2 Å². The zero-order chi connectivity index (χ0) is 18.2. The second-order valence-electron chi connectivity index (χ2n) is 5.74. The molecule has 0 aromatic carbocycles. The molecule has 1 N–H and O–H groups in total. The molecule has 2 aromatic heterocycles. The number of hydrogen-bond donors (Lipinski definition) is 1. The molecule has 0 saturated carbocycles. The molecule has 1 fully saturated rings. The summed E-state index contributed by atoms with van der Waals surface area (Å²) in [6.07, 6.45) is 6.01. The number of rotatable bonds is 6. The van der Waals surface area contributed by atoms with E-state index < -0.39 is 6.09 Å². The minimum absolute atomic E-state index is 0.0656. The Morgan fingerprint density at radius 2 is 2.04 bits per heavy atom. The number of oxime groups is 1. The van der Waals surface area contributed by atoms with E-state index in [-0.39, 0.29) is 12.0 Å². The highest BCUT2D eigenvalue weighted by molar-refractivity contribution is 5.65. The Labute approximate surface area is 150 Å². The van der Waals surface area contributed by atoms with Gasteiger partial charge in [-0.3, -0.25) is 4.98 Å². The van der Waals surface area contributed by atoms with Crippen molar-refractivity contribution in [2.45, 2.75) is 25.4 Å². The van der Waals surface area contributed by atoms with Crippen LogP contribution in [0.4, 0.5) is 4.79 Å². The molecule has 0 radical (unpaired) electrons. The monoisotopic (exact) mass is 357 g/mol. The van der Waals surface area contributed by atoms with E-state index in [0.717, 1.165) is 5.56 Å². The third kappa shape index (κ3) is 5.13. The van der Waals surface area contributed by atoms with Crippen molar-refractivity contribution in [2.75, 3.05) is 13.1 Å². The van der Waals surface area contributed by atoms with E-state index in [2.05, 4.69) is 20.3 Å². The van der Waals surface area contributed by atoms with Crippen LogP contribution in [0.2, 0.25) is 0 Å². The summed E-state index contributed by atoms with van der Waals surface area (Å²) < 4.78 is 5.73. The second-order valence-corrected chi connectivity index (χ2v) is 5.74. The molecule has 2 aromatic rings. The van der Waals surface area contributed by atoms with Crippen LogP contribution < -0.4 is 9.57 Å². The first-order valence-electron chi connectivity index (χ1n) is 8.27. The maximum Gasteiger partial charge on any atom is 0.407 e. The van der Waals surface area contributed by atoms with Crippen LogP contribution in [0.3, 0.4) is 0 Å². The van der Waals surface area contributed by atoms with Gasteiger partial charge in [-0.05, 0) is 11.6 Å². The van der Waals surface area contributed by atoms with Crippen LogP contribution in [-0.2, 0) is 6.42 Å². The number of carbonyl (C=O) groups is 1. The molecule has 3 heterocycles. The van der Waals surface area contributed by atoms with Crippen LogP contribution in [0, 0.1) is 0 Å². The Kier molecular flexibility index (Phi) is 5.92. The fourth-order valence-corrected chi connectivity index (χ4v) is 2.51. The molecule has 1 saturated heterocycles. The highest BCUT2D eigenvalue weighted by atomic mass is 16.6. The predicted octanol–water partition coefficient (Wildman–Crippen LogP) is 2.00. The lowest BCUT2D eigenvalue weighted by Crippen LogP contribution is -2.41. The Hall–Kier alpha value is -3.23. The number of piperidine rings is 1. The minimum atomic E-state index is -0.895. The number of ether oxygens (including phenoxy) is 1. The van der Waals surface area contributed by atoms with E-state index in [1.165, 1.54) is 4.90 Å². The summed E-state index contributed by atoms with van der Waals surface area (Å²) in [6.45, 7) is 0.917. The summed E-state index contributed by atoms with van der Waals surface area (Å²) >= 11 is 0. The van der Waals surface area contributed by atoms with E-state index in [1.54, 1.807) is 30.7 Å². The number of pyridine rings is 1. The van der Waals surface area contributed by atoms with Gasteiger partial charge in [0.2, 0.25) is 5.88 Å². The van der Waals surface area contributed by atoms with Crippen molar-refractivity contribution in [3.63, 3.8) is 0 Å². The van der Waals surface area contributed by atoms with E-state index in [1.807, 2.05) is 12.1 Å². The standard InChI is InChI=1S/C17H19N5O4/c23-17(24)22-10-6-14(7-11-22)25-15-3-4-16(21-20-15)26-19-9-5-13-2-1-8-18-12-13/h1-4,8-9,12,14H,5-7,10-11H2,(H,23,24). The van der Waals surface area contributed by atoms with Gasteiger partial charge in [0.25, 0.3) is 5.88 Å². The molecule has 0 bridgehead atoms. The maximum absolute atomic E-state index is 10.9. The van der Waals surface area contributed by atoms with Gasteiger partial charge < -0.3 is 19.6 Å². The lowest BCUT2D eigenvalue weighted by Gasteiger charge is -2.29. The molecule has 0 unspecified atom stereocenters. The summed E-state index contributed by atoms with van der Waals surface area (Å²) in [5.41, 5.74) is 1.03. The van der Waals surface area contributed by atoms with Gasteiger partial charge >= 0.3 is 6.09 Å². The molecule has 136 valence electrons. The summed E-state index contributed by atoms with van der Waals surface area (Å²) in [4.78, 5) is 21.4. The summed E-state index contributed by atoms with van der Waals surface area (Å²) in [6, 6.07) is 7.09. The van der Waals surface area contributed by atoms with Gasteiger partial charge in [-0.15, -0.1) is 10.2 Å². The first-order chi connectivity index (χ1) is 12.7. The molecular weight excluding hydrogens is 338 g/mol. The van der Waals surface area contributed by atoms with Crippen molar-refractivity contribution < 1.29 is 19.5 Å². The van der Waals surface area contributed by atoms with E-state index in [4.69, 9.17) is 14.7 Å². The van der Waals surface area contributed by atoms with E-state index in [0.29, 0.717) is 38.2 Å². The van der Waals surface area contributed by atoms with Gasteiger partial charge in [-0.2, -0.15) is 0 Å². The molecule has 0 aliphatic carbocycles. The van der Waals surface area contributed by atoms with Crippen LogP contribution >= 0.6 is 0 Å². The summed E-state index contributed by atoms with van der Waals surface area (Å²) in [5.74, 6) is 0.644. The number of carboxylic acid groups (broad SMARTS) is 1. The molecule has 26 heavy (non-hydrogen) atoms. The Bertz CT molecular complexity index is 731. The molecule has 0 spiro atoms. The molecule has 1 aliphatic heterocycles. The summed E-state index contributed by atoms with van der Waals surface area (Å²) in [5, 5.41) is 20.6. The van der Waals surface area contributed by atoms with Crippen LogP contribution in [0.25, 0.3) is 0 Å². The van der Waals surface area contributed by atoms with Crippen molar-refractivity contribution in [1.82, 2.24) is 20.1 Å². The van der Waals surface area contributed by atoms with Crippen LogP contribution in [0.1, 0.15) is 18.4 Å². The van der Waals surface area contributed by atoms with Crippen LogP contribution in [0.15, 0.2) is 41.8 Å². The van der Waals surface area contributed by atoms with E-state index >= 15 is 0 Å². The highest BCUT2D eigenvalue weighted by Crippen LogP contribution is 2.18. The van der Waals surface area contributed by atoms with Gasteiger partial charge in [0.1, 0.15) is 6.10 Å². The first kappa shape index (κ1) is 17.6. The summed E-state index contributed by atoms with van der Waals surface area (Å²) in [7, 11) is 0. The SMILES string of the molecule is O=C(O)N1CCC(Oc2ccc(ON=CCc3cccnc3)nn2)CC1. The van der Waals surface area contributed by atoms with Crippen molar-refractivity contribution in [3.8, 4) is 11.8 Å². The number of hydrogen-bond acceptors (Lipinski definition) is 7. The van der Waals surface area contributed by atoms with Crippen LogP contribution in [0.5, 0.6) is 11.8 Å². The second kappa shape index (κ2) is 8.75. The van der Waals surface area contributed by atoms with Crippen molar-refractivity contribution in [1.29, 1.82) is 0 Å². The quantitative estimate of drug-likeness (QED) is 0.622. The Morgan fingerprint density at radius 1 is 1.27 bits per heavy atom. The molecule has 9 nitrogen and oxygen atoms in total. The third-order valence-electron chi connectivity index (χ3n) is 3.89. The lowest BCUT2D eigenvalue weighted by atomic mass is 10.1. The van der Waals surface area contributed by atoms with Crippen molar-refractivity contribution in [2.24, 2.45) is 5.16 Å². The zero-order valence-corrected chi connectivity index (χ0v) is 14.1. The Balaban J connectivity index is 1.43. The first-order valence-corrected chi connectivity index (χ1v) is 8.27. The molecule has 0 atom stereocenters. The van der Waals surface area contributed by atoms with E-state index in [9.17, 15) is 4.79 Å². The molecule has 3 rings (SSSR count). The largest absolute Gasteiger partial charge is 0.473 e. The average molecular weight is 357 g/mol. The number of nitrogens with zero attached hydrogens (tertiary/aromatic N) is 5. The topological polar surface area (TPSA) is 110 Å². The fraction of sp³-hybridized carbons (Fsp3) is 0.353. The smallest absolute Gasteiger partial charge is 0.407 e. The molecular formula is C17H19N5O4. The van der Waals surface area contributed by atoms with Gasteiger partial charge in [0.05, 0.1) is 0 Å². The maximum atomic E-state index is 10.9. The normalized spacial score (nSPS) is 15.2. The molecule has 9 heteroatoms. The zero-order valence-electron chi connectivity index (χ0n) is 14.1. The van der Waals surface area contributed by atoms with Gasteiger partial charge in [0, 0.05) is 63.1 Å². The lowest BCUT2D eigenvalue weighted by molar-refractivity contribution is 0.0863. The fourth-order valence-electron chi connectivity index (χ4n) is 2.51. The number of amides is 1. The number of aromatic nitrogens is 3. The third-order valence-corrected chi connectivity index (χ3v) is 3.89. The van der Waals surface area contributed by atoms with Gasteiger partial charge in [0.15, 0.2) is 0 Å². The molecule has 1 amide bonds. The average Bonchev–Trinajstić information content (AvgIpc) is 2.68. The van der Waals surface area contributed by atoms with Crippen molar-refractivity contribution >= 4 is 12.3 Å². The Morgan fingerprint density at radius 3 is 2.69 bits per heavy atom. The van der Waals surface area contributed by atoms with Gasteiger partial charge in [-0.25, -0.2) is 4.79 Å². The van der Waals surface area contributed by atoms with Crippen molar-refractivity contribution in [3.05, 3.63) is 42.2 Å².